The second-order valence-electron chi connectivity index (χ2n) is 13.2. The van der Waals surface area contributed by atoms with Gasteiger partial charge in [0, 0.05) is 87.3 Å². The number of furan rings is 2. The first-order valence-electron chi connectivity index (χ1n) is 18.3. The summed E-state index contributed by atoms with van der Waals surface area (Å²) in [7, 11) is 1.35. The monoisotopic (exact) mass is 811 g/mol. The Hall–Kier alpha value is -5.70. The summed E-state index contributed by atoms with van der Waals surface area (Å²) in [6.45, 7) is 2.10. The lowest BCUT2D eigenvalue weighted by atomic mass is 10.0. The van der Waals surface area contributed by atoms with Crippen LogP contribution >= 0.6 is 23.1 Å². The summed E-state index contributed by atoms with van der Waals surface area (Å²) in [5.41, 5.74) is 3.83. The molecule has 1 aliphatic rings. The summed E-state index contributed by atoms with van der Waals surface area (Å²) in [6.07, 6.45) is 5.25. The number of carboxylic acid groups (broad SMARTS) is 1. The van der Waals surface area contributed by atoms with Crippen LogP contribution in [0.1, 0.15) is 82.4 Å². The molecule has 14 heteroatoms. The number of anilines is 1. The number of methoxy groups -OCH3 is 1. The number of carbonyl (C=O) groups excluding carboxylic acids is 4. The van der Waals surface area contributed by atoms with Gasteiger partial charge in [-0.2, -0.15) is 11.3 Å². The van der Waals surface area contributed by atoms with Gasteiger partial charge in [-0.15, -0.1) is 11.8 Å². The van der Waals surface area contributed by atoms with E-state index >= 15 is 0 Å². The average molecular weight is 812 g/mol. The van der Waals surface area contributed by atoms with E-state index in [9.17, 15) is 24.0 Å². The number of thioether (sulfide) groups is 1. The van der Waals surface area contributed by atoms with Gasteiger partial charge < -0.3 is 33.5 Å². The SMILES string of the molecule is COC(=O)CCc1c(C(=O)c2ccsc2)oc2cc(OC3CCCCO3)ccc12.CSc1ccc(C(=O)c2oc3cc(NC(C)=O)ccc3c2CCC(=O)O)cc1. The van der Waals surface area contributed by atoms with Gasteiger partial charge in [0.15, 0.2) is 17.8 Å². The Morgan fingerprint density at radius 2 is 1.51 bits per heavy atom. The summed E-state index contributed by atoms with van der Waals surface area (Å²) in [4.78, 5) is 61.0. The predicted octanol–water partition coefficient (Wildman–Crippen LogP) is 9.10. The maximum Gasteiger partial charge on any atom is 0.305 e. The number of hydrogen-bond donors (Lipinski definition) is 2. The van der Waals surface area contributed by atoms with Crippen LogP contribution in [0.15, 0.2) is 91.2 Å². The van der Waals surface area contributed by atoms with Crippen molar-refractivity contribution in [1.82, 2.24) is 0 Å². The number of amides is 1. The number of aliphatic carboxylic acids is 1. The number of aryl methyl sites for hydroxylation is 2. The molecule has 1 aliphatic heterocycles. The van der Waals surface area contributed by atoms with Crippen molar-refractivity contribution in [1.29, 1.82) is 0 Å². The molecule has 4 heterocycles. The second-order valence-corrected chi connectivity index (χ2v) is 14.8. The van der Waals surface area contributed by atoms with Crippen molar-refractivity contribution >= 4 is 80.1 Å². The summed E-state index contributed by atoms with van der Waals surface area (Å²) < 4.78 is 28.1. The van der Waals surface area contributed by atoms with E-state index in [1.165, 1.54) is 25.4 Å². The van der Waals surface area contributed by atoms with E-state index in [4.69, 9.17) is 28.2 Å². The Bertz CT molecular complexity index is 2390. The zero-order valence-electron chi connectivity index (χ0n) is 31.6. The van der Waals surface area contributed by atoms with Crippen LogP contribution in [0.5, 0.6) is 5.75 Å². The van der Waals surface area contributed by atoms with Crippen molar-refractivity contribution in [3.05, 3.63) is 111 Å². The molecule has 57 heavy (non-hydrogen) atoms. The van der Waals surface area contributed by atoms with Crippen LogP contribution in [-0.4, -0.2) is 60.8 Å². The topological polar surface area (TPSA) is 172 Å². The molecular formula is C43H41NO11S2. The third kappa shape index (κ3) is 10.2. The summed E-state index contributed by atoms with van der Waals surface area (Å²) in [5.74, 6) is -0.976. The van der Waals surface area contributed by atoms with E-state index < -0.39 is 5.97 Å². The number of ketones is 2. The van der Waals surface area contributed by atoms with Gasteiger partial charge in [0.2, 0.25) is 17.5 Å². The van der Waals surface area contributed by atoms with Gasteiger partial charge in [0.25, 0.3) is 0 Å². The van der Waals surface area contributed by atoms with Gasteiger partial charge in [-0.1, -0.05) is 0 Å². The van der Waals surface area contributed by atoms with Crippen molar-refractivity contribution < 1.29 is 52.1 Å². The summed E-state index contributed by atoms with van der Waals surface area (Å²) in [6, 6.07) is 19.5. The highest BCUT2D eigenvalue weighted by Crippen LogP contribution is 2.34. The van der Waals surface area contributed by atoms with Crippen LogP contribution in [0.25, 0.3) is 21.9 Å². The number of benzene rings is 3. The average Bonchev–Trinajstić information content (AvgIpc) is 3.97. The lowest BCUT2D eigenvalue weighted by Gasteiger charge is -2.23. The minimum absolute atomic E-state index is 0.117. The molecule has 7 rings (SSSR count). The second kappa shape index (κ2) is 19.0. The van der Waals surface area contributed by atoms with Gasteiger partial charge in [-0.05, 0) is 91.9 Å². The largest absolute Gasteiger partial charge is 0.481 e. The summed E-state index contributed by atoms with van der Waals surface area (Å²) in [5, 5.41) is 16.8. The highest BCUT2D eigenvalue weighted by atomic mass is 32.2. The van der Waals surface area contributed by atoms with Gasteiger partial charge >= 0.3 is 11.9 Å². The van der Waals surface area contributed by atoms with E-state index in [1.54, 1.807) is 59.6 Å². The van der Waals surface area contributed by atoms with Crippen molar-refractivity contribution in [3.8, 4) is 5.75 Å². The number of nitrogens with one attached hydrogen (secondary N) is 1. The molecule has 3 aromatic heterocycles. The lowest BCUT2D eigenvalue weighted by molar-refractivity contribution is -0.140. The van der Waals surface area contributed by atoms with Crippen molar-refractivity contribution in [2.45, 2.75) is 63.1 Å². The molecule has 1 saturated heterocycles. The molecule has 6 aromatic rings. The number of hydrogen-bond acceptors (Lipinski definition) is 12. The molecule has 0 aliphatic carbocycles. The molecule has 0 radical (unpaired) electrons. The molecule has 1 unspecified atom stereocenters. The van der Waals surface area contributed by atoms with Gasteiger partial charge in [0.1, 0.15) is 16.9 Å². The van der Waals surface area contributed by atoms with E-state index in [2.05, 4.69) is 5.32 Å². The molecule has 3 aromatic carbocycles. The Morgan fingerprint density at radius 1 is 0.842 bits per heavy atom. The Kier molecular flexibility index (Phi) is 13.6. The molecule has 1 fully saturated rings. The molecule has 12 nitrogen and oxygen atoms in total. The molecule has 0 bridgehead atoms. The van der Waals surface area contributed by atoms with Gasteiger partial charge in [-0.3, -0.25) is 24.0 Å². The number of carbonyl (C=O) groups is 5. The number of ether oxygens (including phenoxy) is 3. The zero-order chi connectivity index (χ0) is 40.5. The quantitative estimate of drug-likeness (QED) is 0.0608. The Balaban J connectivity index is 0.000000193. The number of fused-ring (bicyclic) bond motifs is 2. The predicted molar refractivity (Wildman–Crippen MR) is 217 cm³/mol. The highest BCUT2D eigenvalue weighted by molar-refractivity contribution is 7.98. The lowest BCUT2D eigenvalue weighted by Crippen LogP contribution is -2.24. The third-order valence-electron chi connectivity index (χ3n) is 9.23. The Labute approximate surface area is 336 Å². The van der Waals surface area contributed by atoms with Crippen LogP contribution in [-0.2, 0) is 36.7 Å². The van der Waals surface area contributed by atoms with Gasteiger partial charge in [0.05, 0.1) is 13.7 Å². The molecule has 1 atom stereocenters. The molecule has 0 saturated carbocycles. The number of thiophene rings is 1. The molecule has 2 N–H and O–H groups in total. The minimum Gasteiger partial charge on any atom is -0.481 e. The maximum atomic E-state index is 13.0. The number of carboxylic acids is 1. The van der Waals surface area contributed by atoms with Crippen LogP contribution in [0.2, 0.25) is 0 Å². The van der Waals surface area contributed by atoms with E-state index in [-0.39, 0.29) is 60.5 Å². The van der Waals surface area contributed by atoms with Crippen molar-refractivity contribution in [2.24, 2.45) is 0 Å². The van der Waals surface area contributed by atoms with E-state index in [0.717, 1.165) is 29.5 Å². The van der Waals surface area contributed by atoms with Crippen LogP contribution in [0.3, 0.4) is 0 Å². The van der Waals surface area contributed by atoms with E-state index in [0.29, 0.717) is 63.3 Å². The fraction of sp³-hybridized carbons (Fsp3) is 0.279. The van der Waals surface area contributed by atoms with Crippen molar-refractivity contribution in [3.63, 3.8) is 0 Å². The zero-order valence-corrected chi connectivity index (χ0v) is 33.2. The third-order valence-corrected chi connectivity index (χ3v) is 10.7. The van der Waals surface area contributed by atoms with Crippen LogP contribution in [0.4, 0.5) is 5.69 Å². The first-order chi connectivity index (χ1) is 27.5. The van der Waals surface area contributed by atoms with E-state index in [1.807, 2.05) is 35.9 Å². The highest BCUT2D eigenvalue weighted by Gasteiger charge is 2.25. The van der Waals surface area contributed by atoms with Crippen molar-refractivity contribution in [2.75, 3.05) is 25.3 Å². The Morgan fingerprint density at radius 3 is 2.11 bits per heavy atom. The molecule has 1 amide bonds. The molecule has 296 valence electrons. The minimum atomic E-state index is -0.952. The number of rotatable bonds is 14. The first-order valence-corrected chi connectivity index (χ1v) is 20.4. The van der Waals surface area contributed by atoms with Crippen LogP contribution < -0.4 is 10.1 Å². The fourth-order valence-corrected chi connectivity index (χ4v) is 7.46. The fourth-order valence-electron chi connectivity index (χ4n) is 6.41. The molecule has 0 spiro atoms. The van der Waals surface area contributed by atoms with Crippen LogP contribution in [0, 0.1) is 0 Å². The summed E-state index contributed by atoms with van der Waals surface area (Å²) >= 11 is 3.02. The van der Waals surface area contributed by atoms with Gasteiger partial charge in [-0.25, -0.2) is 0 Å². The maximum absolute atomic E-state index is 13.0. The smallest absolute Gasteiger partial charge is 0.305 e. The number of esters is 1. The molecular weight excluding hydrogens is 771 g/mol. The standard InChI is InChI=1S/C22H22O6S.C21H19NO5S/c1-25-19(23)8-7-17-16-6-5-15(27-20-4-2-3-10-26-20)12-18(16)28-22(17)21(24)14-9-11-29-13-14;1-12(23)22-14-5-8-16-17(9-10-19(24)25)21(27-18(16)11-14)20(26)13-3-6-15(28-2)7-4-13/h5-6,9,11-13,20H,2-4,7-8,10H2,1H3;3-8,11H,9-10H2,1-2H3,(H,22,23)(H,24,25). The normalized spacial score (nSPS) is 13.8. The first kappa shape index (κ1) is 40.9.